The van der Waals surface area contributed by atoms with Crippen LogP contribution in [0.4, 0.5) is 4.39 Å². The summed E-state index contributed by atoms with van der Waals surface area (Å²) in [4.78, 5) is 4.39. The molecule has 0 fully saturated rings. The molecule has 0 aliphatic heterocycles. The summed E-state index contributed by atoms with van der Waals surface area (Å²) in [6, 6.07) is 2.93. The lowest BCUT2D eigenvalue weighted by molar-refractivity contribution is 0.576. The summed E-state index contributed by atoms with van der Waals surface area (Å²) in [6.07, 6.45) is 1.08. The second-order valence-corrected chi connectivity index (χ2v) is 8.00. The molecule has 0 aliphatic rings. The molecule has 1 N–H and O–H groups in total. The third-order valence-electron chi connectivity index (χ3n) is 2.88. The lowest BCUT2D eigenvalue weighted by Crippen LogP contribution is -2.26. The molecule has 0 spiro atoms. The quantitative estimate of drug-likeness (QED) is 0.788. The number of sulfonamides is 1. The van der Waals surface area contributed by atoms with E-state index in [1.807, 2.05) is 0 Å². The zero-order chi connectivity index (χ0) is 15.8. The van der Waals surface area contributed by atoms with Crippen molar-refractivity contribution >= 4 is 48.6 Å². The van der Waals surface area contributed by atoms with Crippen molar-refractivity contribution in [2.24, 2.45) is 0 Å². The number of hydrogen-bond acceptors (Lipinski definition) is 3. The molecule has 1 aromatic heterocycles. The van der Waals surface area contributed by atoms with Crippen LogP contribution in [0.15, 0.2) is 16.6 Å². The van der Waals surface area contributed by atoms with E-state index in [0.717, 1.165) is 6.26 Å². The minimum Gasteiger partial charge on any atom is -0.325 e. The van der Waals surface area contributed by atoms with Gasteiger partial charge in [0.2, 0.25) is 10.0 Å². The molecule has 5 nitrogen and oxygen atoms in total. The van der Waals surface area contributed by atoms with E-state index < -0.39 is 15.8 Å². The predicted octanol–water partition coefficient (Wildman–Crippen LogP) is 2.79. The zero-order valence-electron chi connectivity index (χ0n) is 11.4. The van der Waals surface area contributed by atoms with Gasteiger partial charge in [0.25, 0.3) is 0 Å². The third-order valence-corrected chi connectivity index (χ3v) is 4.41. The summed E-state index contributed by atoms with van der Waals surface area (Å²) < 4.78 is 40.4. The van der Waals surface area contributed by atoms with Crippen molar-refractivity contribution in [2.75, 3.05) is 12.8 Å². The number of benzene rings is 1. The fraction of sp³-hybridized carbons (Fsp3) is 0.417. The van der Waals surface area contributed by atoms with Gasteiger partial charge in [0, 0.05) is 19.2 Å². The van der Waals surface area contributed by atoms with Crippen molar-refractivity contribution in [3.05, 3.63) is 28.2 Å². The summed E-state index contributed by atoms with van der Waals surface area (Å²) in [7, 11) is -3.28. The van der Waals surface area contributed by atoms with Gasteiger partial charge in [-0.05, 0) is 28.9 Å². The van der Waals surface area contributed by atoms with Gasteiger partial charge in [0.15, 0.2) is 0 Å². The zero-order valence-corrected chi connectivity index (χ0v) is 14.6. The maximum atomic E-state index is 13.7. The molecular weight excluding hydrogens is 385 g/mol. The van der Waals surface area contributed by atoms with E-state index in [-0.39, 0.29) is 11.9 Å². The first-order valence-corrected chi connectivity index (χ1v) is 9.25. The largest absolute Gasteiger partial charge is 0.325 e. The van der Waals surface area contributed by atoms with E-state index in [1.165, 1.54) is 6.07 Å². The first-order valence-electron chi connectivity index (χ1n) is 6.13. The predicted molar refractivity (Wildman–Crippen MR) is 84.5 cm³/mol. The highest BCUT2D eigenvalue weighted by molar-refractivity contribution is 9.10. The Balaban J connectivity index is 2.43. The van der Waals surface area contributed by atoms with Crippen molar-refractivity contribution < 1.29 is 12.8 Å². The molecule has 9 heteroatoms. The monoisotopic (exact) mass is 397 g/mol. The number of nitrogens with zero attached hydrogens (tertiary/aromatic N) is 2. The van der Waals surface area contributed by atoms with Crippen molar-refractivity contribution in [2.45, 2.75) is 18.8 Å². The van der Waals surface area contributed by atoms with E-state index in [2.05, 4.69) is 25.6 Å². The van der Waals surface area contributed by atoms with Gasteiger partial charge in [-0.15, -0.1) is 11.6 Å². The van der Waals surface area contributed by atoms with Crippen LogP contribution in [0.3, 0.4) is 0 Å². The van der Waals surface area contributed by atoms with E-state index in [4.69, 9.17) is 11.6 Å². The summed E-state index contributed by atoms with van der Waals surface area (Å²) in [5, 5.41) is -0.377. The third kappa shape index (κ3) is 3.94. The van der Waals surface area contributed by atoms with E-state index >= 15 is 0 Å². The molecule has 0 saturated heterocycles. The first kappa shape index (κ1) is 16.7. The lowest BCUT2D eigenvalue weighted by atomic mass is 10.3. The summed E-state index contributed by atoms with van der Waals surface area (Å²) >= 11 is 9.22. The molecule has 0 bridgehead atoms. The number of imidazole rings is 1. The van der Waals surface area contributed by atoms with Crippen LogP contribution in [-0.4, -0.2) is 30.8 Å². The maximum Gasteiger partial charge on any atom is 0.208 e. The number of rotatable bonds is 5. The Morgan fingerprint density at radius 3 is 2.76 bits per heavy atom. The number of nitrogens with one attached hydrogen (secondary N) is 1. The van der Waals surface area contributed by atoms with Crippen molar-refractivity contribution in [3.63, 3.8) is 0 Å². The Hall–Kier alpha value is -0.700. The molecule has 21 heavy (non-hydrogen) atoms. The van der Waals surface area contributed by atoms with Crippen molar-refractivity contribution in [3.8, 4) is 0 Å². The highest BCUT2D eigenvalue weighted by atomic mass is 79.9. The lowest BCUT2D eigenvalue weighted by Gasteiger charge is -2.10. The molecule has 0 saturated carbocycles. The van der Waals surface area contributed by atoms with Gasteiger partial charge in [-0.2, -0.15) is 0 Å². The fourth-order valence-electron chi connectivity index (χ4n) is 2.02. The molecule has 1 aromatic carbocycles. The van der Waals surface area contributed by atoms with Gasteiger partial charge in [-0.3, -0.25) is 0 Å². The van der Waals surface area contributed by atoms with Crippen LogP contribution >= 0.6 is 27.5 Å². The molecule has 1 unspecified atom stereocenters. The highest BCUT2D eigenvalue weighted by Gasteiger charge is 2.17. The number of alkyl halides is 1. The maximum absolute atomic E-state index is 13.7. The Morgan fingerprint density at radius 1 is 1.52 bits per heavy atom. The molecule has 2 rings (SSSR count). The molecule has 0 amide bonds. The van der Waals surface area contributed by atoms with E-state index in [0.29, 0.717) is 27.9 Å². The average Bonchev–Trinajstić information content (AvgIpc) is 2.67. The number of hydrogen-bond donors (Lipinski definition) is 1. The molecule has 0 aliphatic carbocycles. The van der Waals surface area contributed by atoms with Gasteiger partial charge in [-0.1, -0.05) is 0 Å². The van der Waals surface area contributed by atoms with Gasteiger partial charge in [0.05, 0.1) is 27.1 Å². The van der Waals surface area contributed by atoms with Crippen LogP contribution in [0, 0.1) is 5.82 Å². The standard InChI is InChI=1S/C12H14BrClFN3O2S/c1-7(14)12-17-10-5-8(13)9(15)6-11(10)18(12)4-3-16-21(2,19)20/h5-7,16H,3-4H2,1-2H3. The molecular formula is C12H14BrClFN3O2S. The first-order chi connectivity index (χ1) is 9.69. The summed E-state index contributed by atoms with van der Waals surface area (Å²) in [5.41, 5.74) is 1.18. The SMILES string of the molecule is CC(Cl)c1nc2cc(Br)c(F)cc2n1CCNS(C)(=O)=O. The van der Waals surface area contributed by atoms with Gasteiger partial charge in [-0.25, -0.2) is 22.5 Å². The second-order valence-electron chi connectivity index (χ2n) is 4.66. The summed E-state index contributed by atoms with van der Waals surface area (Å²) in [6.45, 7) is 2.25. The van der Waals surface area contributed by atoms with Crippen LogP contribution in [0.2, 0.25) is 0 Å². The summed E-state index contributed by atoms with van der Waals surface area (Å²) in [5.74, 6) is 0.160. The van der Waals surface area contributed by atoms with E-state index in [1.54, 1.807) is 17.6 Å². The highest BCUT2D eigenvalue weighted by Crippen LogP contribution is 2.28. The van der Waals surface area contributed by atoms with E-state index in [9.17, 15) is 12.8 Å². The number of halogens is 3. The van der Waals surface area contributed by atoms with Gasteiger partial charge in [0.1, 0.15) is 11.6 Å². The van der Waals surface area contributed by atoms with Crippen LogP contribution < -0.4 is 4.72 Å². The van der Waals surface area contributed by atoms with Crippen LogP contribution in [0.25, 0.3) is 11.0 Å². The van der Waals surface area contributed by atoms with Gasteiger partial charge < -0.3 is 4.57 Å². The normalized spacial score (nSPS) is 13.8. The minimum absolute atomic E-state index is 0.179. The van der Waals surface area contributed by atoms with Crippen LogP contribution in [-0.2, 0) is 16.6 Å². The molecule has 1 heterocycles. The topological polar surface area (TPSA) is 64.0 Å². The van der Waals surface area contributed by atoms with Crippen LogP contribution in [0.1, 0.15) is 18.1 Å². The molecule has 116 valence electrons. The fourth-order valence-corrected chi connectivity index (χ4v) is 2.98. The Bertz CT molecular complexity index is 776. The Morgan fingerprint density at radius 2 is 2.19 bits per heavy atom. The smallest absolute Gasteiger partial charge is 0.208 e. The van der Waals surface area contributed by atoms with Gasteiger partial charge >= 0.3 is 0 Å². The second kappa shape index (κ2) is 6.20. The number of aromatic nitrogens is 2. The van der Waals surface area contributed by atoms with Crippen molar-refractivity contribution in [1.29, 1.82) is 0 Å². The minimum atomic E-state index is -3.28. The Labute approximate surface area is 135 Å². The van der Waals surface area contributed by atoms with Crippen LogP contribution in [0.5, 0.6) is 0 Å². The Kier molecular flexibility index (Phi) is 4.92. The molecule has 0 radical (unpaired) electrons. The van der Waals surface area contributed by atoms with Crippen molar-refractivity contribution in [1.82, 2.24) is 14.3 Å². The number of fused-ring (bicyclic) bond motifs is 1. The average molecular weight is 399 g/mol. The molecule has 1 atom stereocenters. The molecule has 2 aromatic rings.